The molecule has 0 saturated carbocycles. The molecule has 3 aromatic carbocycles. The number of nitrogens with two attached hydrogens (primary N) is 1. The first-order valence-electron chi connectivity index (χ1n) is 13.2. The monoisotopic (exact) mass is 549 g/mol. The lowest BCUT2D eigenvalue weighted by Crippen LogP contribution is -2.46. The molecule has 5 rings (SSSR count). The quantitative estimate of drug-likeness (QED) is 0.445. The van der Waals surface area contributed by atoms with Gasteiger partial charge in [0.25, 0.3) is 16.1 Å². The Morgan fingerprint density at radius 3 is 2.46 bits per heavy atom. The summed E-state index contributed by atoms with van der Waals surface area (Å²) < 4.78 is 31.2. The molecule has 0 unspecified atom stereocenters. The van der Waals surface area contributed by atoms with Crippen molar-refractivity contribution in [2.75, 3.05) is 47.2 Å². The number of hydrogen-bond acceptors (Lipinski definition) is 6. The van der Waals surface area contributed by atoms with Crippen molar-refractivity contribution in [2.45, 2.75) is 32.9 Å². The number of carbonyl (C=O) groups excluding carboxylic acids is 1. The first-order valence-corrected chi connectivity index (χ1v) is 14.8. The van der Waals surface area contributed by atoms with Gasteiger partial charge in [-0.15, -0.1) is 0 Å². The Kier molecular flexibility index (Phi) is 7.79. The maximum Gasteiger partial charge on any atom is 0.296 e. The van der Waals surface area contributed by atoms with E-state index < -0.39 is 10.2 Å². The normalized spacial score (nSPS) is 15.9. The number of nitrogens with zero attached hydrogens (tertiary/aromatic N) is 3. The van der Waals surface area contributed by atoms with Gasteiger partial charge in [0.15, 0.2) is 0 Å². The number of benzene rings is 3. The topological polar surface area (TPSA) is 108 Å². The fourth-order valence-electron chi connectivity index (χ4n) is 5.25. The van der Waals surface area contributed by atoms with Gasteiger partial charge in [-0.2, -0.15) is 8.42 Å². The molecule has 10 heteroatoms. The lowest BCUT2D eigenvalue weighted by molar-refractivity contribution is 0.0989. The maximum atomic E-state index is 13.5. The van der Waals surface area contributed by atoms with Crippen LogP contribution >= 0.6 is 0 Å². The summed E-state index contributed by atoms with van der Waals surface area (Å²) in [6.45, 7) is 9.01. The van der Waals surface area contributed by atoms with Gasteiger partial charge in [0.2, 0.25) is 0 Å². The van der Waals surface area contributed by atoms with Crippen LogP contribution in [0.4, 0.5) is 17.1 Å². The van der Waals surface area contributed by atoms with Crippen LogP contribution in [0.25, 0.3) is 0 Å². The summed E-state index contributed by atoms with van der Waals surface area (Å²) in [7, 11) is -3.90. The summed E-state index contributed by atoms with van der Waals surface area (Å²) in [5.41, 5.74) is 4.87. The average molecular weight is 550 g/mol. The summed E-state index contributed by atoms with van der Waals surface area (Å²) in [6, 6.07) is 21.1. The van der Waals surface area contributed by atoms with Gasteiger partial charge in [0.1, 0.15) is 5.75 Å². The van der Waals surface area contributed by atoms with Gasteiger partial charge in [0.05, 0.1) is 17.5 Å². The van der Waals surface area contributed by atoms with E-state index >= 15 is 0 Å². The van der Waals surface area contributed by atoms with Gasteiger partial charge >= 0.3 is 0 Å². The molecule has 1 fully saturated rings. The van der Waals surface area contributed by atoms with E-state index in [-0.39, 0.29) is 12.0 Å². The number of ether oxygens (including phenoxy) is 1. The van der Waals surface area contributed by atoms with Crippen LogP contribution in [-0.2, 0) is 23.2 Å². The summed E-state index contributed by atoms with van der Waals surface area (Å²) >= 11 is 0. The largest absolute Gasteiger partial charge is 0.489 e. The Labute approximate surface area is 230 Å². The molecule has 0 bridgehead atoms. The fraction of sp³-hybridized carbons (Fsp3) is 0.345. The van der Waals surface area contributed by atoms with E-state index in [1.807, 2.05) is 56.3 Å². The summed E-state index contributed by atoms with van der Waals surface area (Å²) in [5, 5.41) is 5.12. The van der Waals surface area contributed by atoms with Gasteiger partial charge < -0.3 is 14.5 Å². The van der Waals surface area contributed by atoms with E-state index in [0.717, 1.165) is 55.3 Å². The van der Waals surface area contributed by atoms with E-state index in [1.165, 1.54) is 0 Å². The molecule has 2 aliphatic rings. The molecule has 3 N–H and O–H groups in total. The molecule has 39 heavy (non-hydrogen) atoms. The minimum atomic E-state index is -3.90. The van der Waals surface area contributed by atoms with Gasteiger partial charge in [-0.3, -0.25) is 14.4 Å². The van der Waals surface area contributed by atoms with Crippen LogP contribution in [0.5, 0.6) is 5.75 Å². The predicted octanol–water partition coefficient (Wildman–Crippen LogP) is 3.61. The highest BCUT2D eigenvalue weighted by Crippen LogP contribution is 2.33. The molecule has 2 aliphatic heterocycles. The Morgan fingerprint density at radius 1 is 0.949 bits per heavy atom. The van der Waals surface area contributed by atoms with Crippen LogP contribution in [0.3, 0.4) is 0 Å². The number of fused-ring (bicyclic) bond motifs is 1. The van der Waals surface area contributed by atoms with Crippen molar-refractivity contribution in [1.82, 2.24) is 4.90 Å². The van der Waals surface area contributed by atoms with Crippen LogP contribution in [0.2, 0.25) is 0 Å². The van der Waals surface area contributed by atoms with Crippen LogP contribution in [0.15, 0.2) is 66.7 Å². The fourth-order valence-corrected chi connectivity index (χ4v) is 5.71. The van der Waals surface area contributed by atoms with E-state index in [1.54, 1.807) is 17.0 Å². The Hall–Kier alpha value is -3.60. The first-order chi connectivity index (χ1) is 18.7. The number of para-hydroxylation sites is 2. The van der Waals surface area contributed by atoms with E-state index in [2.05, 4.69) is 26.7 Å². The van der Waals surface area contributed by atoms with E-state index in [9.17, 15) is 13.2 Å². The number of rotatable bonds is 8. The molecule has 0 radical (unpaired) electrons. The zero-order valence-corrected chi connectivity index (χ0v) is 23.2. The second-order valence-electron chi connectivity index (χ2n) is 10.3. The Bertz CT molecular complexity index is 1450. The number of nitrogens with one attached hydrogen (secondary N) is 1. The molecule has 206 valence electrons. The zero-order valence-electron chi connectivity index (χ0n) is 22.3. The van der Waals surface area contributed by atoms with Gasteiger partial charge in [-0.05, 0) is 67.8 Å². The molecular weight excluding hydrogens is 514 g/mol. The highest BCUT2D eigenvalue weighted by molar-refractivity contribution is 7.90. The van der Waals surface area contributed by atoms with E-state index in [4.69, 9.17) is 9.88 Å². The molecule has 3 aromatic rings. The molecule has 2 heterocycles. The molecule has 1 amide bonds. The second kappa shape index (κ2) is 11.3. The number of piperazine rings is 1. The summed E-state index contributed by atoms with van der Waals surface area (Å²) in [5.74, 6) is 0.818. The lowest BCUT2D eigenvalue weighted by atomic mass is 10.1. The van der Waals surface area contributed by atoms with Crippen molar-refractivity contribution in [3.05, 3.63) is 83.4 Å². The molecular formula is C29H35N5O4S. The van der Waals surface area contributed by atoms with Crippen molar-refractivity contribution in [2.24, 2.45) is 5.14 Å². The number of amides is 1. The minimum Gasteiger partial charge on any atom is -0.489 e. The smallest absolute Gasteiger partial charge is 0.296 e. The number of hydrogen-bond donors (Lipinski definition) is 2. The third-order valence-electron chi connectivity index (χ3n) is 7.01. The second-order valence-corrected chi connectivity index (χ2v) is 11.6. The molecule has 1 saturated heterocycles. The van der Waals surface area contributed by atoms with Crippen molar-refractivity contribution in [1.29, 1.82) is 0 Å². The first kappa shape index (κ1) is 27.0. The van der Waals surface area contributed by atoms with Gasteiger partial charge in [-0.1, -0.05) is 30.3 Å². The molecule has 0 spiro atoms. The van der Waals surface area contributed by atoms with Crippen LogP contribution in [-0.4, -0.2) is 58.1 Å². The van der Waals surface area contributed by atoms with Crippen molar-refractivity contribution >= 4 is 33.2 Å². The highest BCUT2D eigenvalue weighted by atomic mass is 32.2. The number of carbonyl (C=O) groups is 1. The van der Waals surface area contributed by atoms with Gasteiger partial charge in [-0.25, -0.2) is 5.14 Å². The maximum absolute atomic E-state index is 13.5. The van der Waals surface area contributed by atoms with Crippen LogP contribution < -0.4 is 24.4 Å². The molecule has 0 aromatic heterocycles. The molecule has 0 atom stereocenters. The average Bonchev–Trinajstić information content (AvgIpc) is 3.31. The minimum absolute atomic E-state index is 0.102. The Morgan fingerprint density at radius 2 is 1.72 bits per heavy atom. The summed E-state index contributed by atoms with van der Waals surface area (Å²) in [4.78, 5) is 20.0. The van der Waals surface area contributed by atoms with Gasteiger partial charge in [0, 0.05) is 50.5 Å². The number of anilines is 3. The van der Waals surface area contributed by atoms with Crippen LogP contribution in [0, 0.1) is 0 Å². The van der Waals surface area contributed by atoms with Crippen molar-refractivity contribution in [3.8, 4) is 5.75 Å². The molecule has 9 nitrogen and oxygen atoms in total. The SMILES string of the molecule is CC(C)Oc1ccccc1N1CCN(Cc2cccc(C(=O)N3CCc4ccc(NS(N)(=O)=O)cc43)c2)CC1. The predicted molar refractivity (Wildman–Crippen MR) is 155 cm³/mol. The van der Waals surface area contributed by atoms with E-state index in [0.29, 0.717) is 29.9 Å². The van der Waals surface area contributed by atoms with Crippen LogP contribution in [0.1, 0.15) is 35.3 Å². The third-order valence-corrected chi connectivity index (χ3v) is 7.53. The molecule has 0 aliphatic carbocycles. The lowest BCUT2D eigenvalue weighted by Gasteiger charge is -2.37. The van der Waals surface area contributed by atoms with Crippen molar-refractivity contribution < 1.29 is 17.9 Å². The zero-order chi connectivity index (χ0) is 27.6. The highest BCUT2D eigenvalue weighted by Gasteiger charge is 2.27. The van der Waals surface area contributed by atoms with Crippen molar-refractivity contribution in [3.63, 3.8) is 0 Å². The summed E-state index contributed by atoms with van der Waals surface area (Å²) in [6.07, 6.45) is 0.837. The standard InChI is InChI=1S/C29H35N5O4S/c1-21(2)38-28-9-4-3-8-26(28)33-16-14-32(15-17-33)20-22-6-5-7-24(18-22)29(35)34-13-12-23-10-11-25(19-27(23)34)31-39(30,36)37/h3-11,18-19,21,31H,12-17,20H2,1-2H3,(H2,30,36,37). The Balaban J connectivity index is 1.24. The third kappa shape index (κ3) is 6.52.